The van der Waals surface area contributed by atoms with Gasteiger partial charge in [0, 0.05) is 66.6 Å². The Hall–Kier alpha value is -12.6. The minimum Gasteiger partial charge on any atom is -0.410 e. The summed E-state index contributed by atoms with van der Waals surface area (Å²) in [6.45, 7) is 0. The van der Waals surface area contributed by atoms with Crippen molar-refractivity contribution < 1.29 is 38.1 Å². The standard InChI is InChI=1S/C72H50N8O8/c81-69(85-45-21-5-1-6-22-45)77-53-33-17-13-29-49(53)65-57-37-39-59(73-57)66(50-30-14-18-34-54(50)78-70(82)86-46-23-7-2-8-24-46)61-41-43-63(75-61)68(52-32-16-20-36-56(52)80-72(84)88-48-27-11-4-12-28-48)64-44-42-62(76-64)67(60-40-38-58(65)74-60)51-31-15-19-35-55(51)79-71(83)87-47-25-9-3-10-26-47/h1-44,73,76H,(H,77,81)(H,78,82)(H,79,83)(H,80,84). The molecule has 2 aliphatic rings. The normalized spacial score (nSPS) is 11.3. The lowest BCUT2D eigenvalue weighted by Crippen LogP contribution is -2.17. The Bertz CT molecular complexity index is 4130. The van der Waals surface area contributed by atoms with Crippen molar-refractivity contribution in [3.05, 3.63) is 265 Å². The molecular weight excluding hydrogens is 1100 g/mol. The van der Waals surface area contributed by atoms with E-state index in [4.69, 9.17) is 28.9 Å². The number of carbonyl (C=O) groups excluding carboxylic acids is 4. The number of carbonyl (C=O) groups is 4. The molecular formula is C72H50N8O8. The van der Waals surface area contributed by atoms with Gasteiger partial charge in [-0.25, -0.2) is 29.1 Å². The van der Waals surface area contributed by atoms with Gasteiger partial charge in [-0.15, -0.1) is 0 Å². The third-order valence-corrected chi connectivity index (χ3v) is 14.3. The molecule has 16 heteroatoms. The molecule has 4 amide bonds. The molecule has 0 radical (unpaired) electrons. The van der Waals surface area contributed by atoms with E-state index in [0.29, 0.717) is 135 Å². The van der Waals surface area contributed by atoms with Crippen LogP contribution in [0.2, 0.25) is 0 Å². The average Bonchev–Trinajstić information content (AvgIpc) is 1.85. The molecule has 0 unspecified atom stereocenters. The van der Waals surface area contributed by atoms with Crippen LogP contribution in [0, 0.1) is 0 Å². The predicted octanol–water partition coefficient (Wildman–Crippen LogP) is 17.8. The van der Waals surface area contributed by atoms with Crippen molar-refractivity contribution in [2.45, 2.75) is 0 Å². The molecule has 16 nitrogen and oxygen atoms in total. The van der Waals surface area contributed by atoms with E-state index in [0.717, 1.165) is 0 Å². The molecule has 3 aromatic heterocycles. The van der Waals surface area contributed by atoms with Crippen LogP contribution in [-0.4, -0.2) is 44.3 Å². The molecule has 88 heavy (non-hydrogen) atoms. The molecule has 0 aliphatic carbocycles. The number of H-pyrrole nitrogens is 2. The Balaban J connectivity index is 1.08. The highest BCUT2D eigenvalue weighted by Gasteiger charge is 2.24. The Morgan fingerprint density at radius 2 is 0.466 bits per heavy atom. The van der Waals surface area contributed by atoms with Crippen molar-refractivity contribution in [3.63, 3.8) is 0 Å². The summed E-state index contributed by atoms with van der Waals surface area (Å²) in [7, 11) is 0. The molecule has 426 valence electrons. The van der Waals surface area contributed by atoms with Gasteiger partial charge in [-0.2, -0.15) is 0 Å². The van der Waals surface area contributed by atoms with Crippen LogP contribution >= 0.6 is 0 Å². The van der Waals surface area contributed by atoms with E-state index >= 15 is 0 Å². The zero-order valence-electron chi connectivity index (χ0n) is 46.6. The number of fused-ring (bicyclic) bond motifs is 8. The second kappa shape index (κ2) is 24.7. The quantitative estimate of drug-likeness (QED) is 0.0681. The van der Waals surface area contributed by atoms with E-state index in [9.17, 15) is 19.2 Å². The number of nitrogens with zero attached hydrogens (tertiary/aromatic N) is 2. The first-order valence-electron chi connectivity index (χ1n) is 27.9. The number of nitrogens with one attached hydrogen (secondary N) is 6. The van der Waals surface area contributed by atoms with E-state index in [1.807, 2.05) is 146 Å². The number of benzene rings is 8. The minimum atomic E-state index is -0.714. The van der Waals surface area contributed by atoms with E-state index in [-0.39, 0.29) is 0 Å². The second-order valence-corrected chi connectivity index (χ2v) is 20.0. The van der Waals surface area contributed by atoms with Gasteiger partial charge in [0.15, 0.2) is 0 Å². The maximum atomic E-state index is 13.8. The maximum absolute atomic E-state index is 13.8. The molecule has 0 spiro atoms. The lowest BCUT2D eigenvalue weighted by Gasteiger charge is -2.14. The van der Waals surface area contributed by atoms with E-state index in [2.05, 4.69) is 31.2 Å². The Labute approximate surface area is 503 Å². The van der Waals surface area contributed by atoms with Crippen LogP contribution in [0.15, 0.2) is 243 Å². The van der Waals surface area contributed by atoms with Gasteiger partial charge in [0.1, 0.15) is 23.0 Å². The van der Waals surface area contributed by atoms with Gasteiger partial charge in [-0.05, 0) is 121 Å². The van der Waals surface area contributed by atoms with Crippen LogP contribution in [0.3, 0.4) is 0 Å². The molecule has 6 N–H and O–H groups in total. The molecule has 13 rings (SSSR count). The zero-order chi connectivity index (χ0) is 59.8. The minimum absolute atomic E-state index is 0.356. The summed E-state index contributed by atoms with van der Waals surface area (Å²) < 4.78 is 23.0. The van der Waals surface area contributed by atoms with Gasteiger partial charge < -0.3 is 28.9 Å². The fourth-order valence-electron chi connectivity index (χ4n) is 10.5. The van der Waals surface area contributed by atoms with Gasteiger partial charge in [0.05, 0.1) is 45.5 Å². The SMILES string of the molecule is O=C(Nc1ccccc1-c1c2nc(c(-c3ccccc3NC(=O)Oc3ccccc3)c3ccc([nH]3)c(-c3ccccc3NC(=O)Oc3ccccc3)c3nc(c(-c4ccccc4NC(=O)Oc4ccccc4)c4ccc1[nH]4)C=C3)C=C2)Oc1ccccc1. The van der Waals surface area contributed by atoms with Crippen LogP contribution in [0.1, 0.15) is 22.8 Å². The predicted molar refractivity (Wildman–Crippen MR) is 345 cm³/mol. The van der Waals surface area contributed by atoms with Gasteiger partial charge in [0.2, 0.25) is 0 Å². The van der Waals surface area contributed by atoms with Crippen molar-refractivity contribution >= 4 is 93.5 Å². The lowest BCUT2D eigenvalue weighted by atomic mass is 10.0. The van der Waals surface area contributed by atoms with E-state index < -0.39 is 24.4 Å². The number of hydrogen-bond donors (Lipinski definition) is 6. The Kier molecular flexibility index (Phi) is 15.4. The Morgan fingerprint density at radius 1 is 0.261 bits per heavy atom. The van der Waals surface area contributed by atoms with Crippen molar-refractivity contribution in [1.82, 2.24) is 19.9 Å². The summed E-state index contributed by atoms with van der Waals surface area (Å²) in [4.78, 5) is 73.6. The third kappa shape index (κ3) is 12.0. The molecule has 8 aromatic carbocycles. The van der Waals surface area contributed by atoms with Crippen molar-refractivity contribution in [3.8, 4) is 67.5 Å². The number of aromatic amines is 2. The molecule has 0 saturated heterocycles. The summed E-state index contributed by atoms with van der Waals surface area (Å²) in [5, 5.41) is 12.0. The van der Waals surface area contributed by atoms with Gasteiger partial charge in [0.25, 0.3) is 0 Å². The first kappa shape index (κ1) is 54.7. The number of para-hydroxylation sites is 8. The molecule has 0 fully saturated rings. The zero-order valence-corrected chi connectivity index (χ0v) is 46.6. The summed E-state index contributed by atoms with van der Waals surface area (Å²) in [5.41, 5.74) is 10.7. The molecule has 0 atom stereocenters. The van der Waals surface area contributed by atoms with Crippen LogP contribution in [0.25, 0.3) is 90.9 Å². The smallest absolute Gasteiger partial charge is 0.410 e. The first-order chi connectivity index (χ1) is 43.2. The van der Waals surface area contributed by atoms with Gasteiger partial charge in [-0.1, -0.05) is 146 Å². The monoisotopic (exact) mass is 1150 g/mol. The highest BCUT2D eigenvalue weighted by molar-refractivity contribution is 6.07. The van der Waals surface area contributed by atoms with Crippen molar-refractivity contribution in [2.75, 3.05) is 21.3 Å². The van der Waals surface area contributed by atoms with Crippen LogP contribution in [0.5, 0.6) is 23.0 Å². The fraction of sp³-hybridized carbons (Fsp3) is 0. The summed E-state index contributed by atoms with van der Waals surface area (Å²) in [6.07, 6.45) is 4.73. The summed E-state index contributed by atoms with van der Waals surface area (Å²) >= 11 is 0. The highest BCUT2D eigenvalue weighted by atomic mass is 16.6. The van der Waals surface area contributed by atoms with Crippen molar-refractivity contribution in [2.24, 2.45) is 0 Å². The van der Waals surface area contributed by atoms with Gasteiger partial charge in [-0.3, -0.25) is 21.3 Å². The molecule has 2 aliphatic heterocycles. The number of ether oxygens (including phenoxy) is 4. The first-order valence-corrected chi connectivity index (χ1v) is 27.9. The van der Waals surface area contributed by atoms with Crippen LogP contribution < -0.4 is 40.2 Å². The molecule has 0 saturated carbocycles. The Morgan fingerprint density at radius 3 is 0.693 bits per heavy atom. The molecule has 5 heterocycles. The number of rotatable bonds is 12. The van der Waals surface area contributed by atoms with E-state index in [1.54, 1.807) is 121 Å². The number of hydrogen-bond acceptors (Lipinski definition) is 10. The number of aromatic nitrogens is 4. The summed E-state index contributed by atoms with van der Waals surface area (Å²) in [6, 6.07) is 72.2. The fourth-order valence-corrected chi connectivity index (χ4v) is 10.5. The number of amides is 4. The summed E-state index contributed by atoms with van der Waals surface area (Å²) in [5.74, 6) is 1.42. The third-order valence-electron chi connectivity index (χ3n) is 14.3. The second-order valence-electron chi connectivity index (χ2n) is 20.0. The highest BCUT2D eigenvalue weighted by Crippen LogP contribution is 2.43. The topological polar surface area (TPSA) is 211 Å². The average molecular weight is 1160 g/mol. The van der Waals surface area contributed by atoms with Gasteiger partial charge >= 0.3 is 24.4 Å². The van der Waals surface area contributed by atoms with E-state index in [1.165, 1.54) is 0 Å². The largest absolute Gasteiger partial charge is 0.417 e. The molecule has 11 aromatic rings. The molecule has 8 bridgehead atoms. The van der Waals surface area contributed by atoms with Crippen molar-refractivity contribution in [1.29, 1.82) is 0 Å². The lowest BCUT2D eigenvalue weighted by molar-refractivity contribution is 0.214. The van der Waals surface area contributed by atoms with Crippen LogP contribution in [-0.2, 0) is 0 Å². The number of anilines is 4. The van der Waals surface area contributed by atoms with Crippen LogP contribution in [0.4, 0.5) is 41.9 Å². The maximum Gasteiger partial charge on any atom is 0.417 e.